The second-order valence-corrected chi connectivity index (χ2v) is 19.4. The number of aryl methyl sites for hydroxylation is 1. The summed E-state index contributed by atoms with van der Waals surface area (Å²) in [6, 6.07) is 9.66. The standard InChI is InChI=1S/C47H59N5O8/c1-28-33-25-35(53)39-46-17-10-16-45(2,3)36(46)26-37(47(39,40(28)54)41(33)55)60-44(46)59-22-8-5-11-29-27-51(49-48-29)20-23-58-24-21-52-42(56)31-13-9-12-30-34(50-18-6-4-7-19-50)15-14-32(38(30)31)43(52)57/h9,12-15,27,33,35-37,39,41,44,53,55H,1,4-8,10-11,16-26H2,2-3H3/t33-,35-,36+,37+,39-,41+,44+,46-,47+/m0/s1. The third-order valence-electron chi connectivity index (χ3n) is 16.0. The first kappa shape index (κ1) is 40.1. The average Bonchev–Trinajstić information content (AvgIpc) is 3.74. The van der Waals surface area contributed by atoms with Crippen LogP contribution in [0.1, 0.15) is 104 Å². The number of ether oxygens (including phenoxy) is 3. The largest absolute Gasteiger partial charge is 0.393 e. The topological polar surface area (TPSA) is 157 Å². The molecule has 13 nitrogen and oxygen atoms in total. The maximum Gasteiger partial charge on any atom is 0.261 e. The van der Waals surface area contributed by atoms with Gasteiger partial charge in [0.1, 0.15) is 0 Å². The van der Waals surface area contributed by atoms with Gasteiger partial charge in [-0.2, -0.15) is 0 Å². The Hall–Kier alpha value is -4.01. The fraction of sp³-hybridized carbons (Fsp3) is 0.638. The highest BCUT2D eigenvalue weighted by Crippen LogP contribution is 2.75. The van der Waals surface area contributed by atoms with Crippen molar-refractivity contribution in [2.45, 2.75) is 116 Å². The Kier molecular flexibility index (Phi) is 10.1. The number of imide groups is 1. The molecule has 1 aromatic heterocycles. The Morgan fingerprint density at radius 2 is 1.70 bits per heavy atom. The molecule has 5 heterocycles. The third-order valence-corrected chi connectivity index (χ3v) is 16.0. The van der Waals surface area contributed by atoms with Gasteiger partial charge in [-0.25, -0.2) is 4.68 Å². The number of hydrogen-bond donors (Lipinski definition) is 2. The number of aliphatic hydroxyl groups is 2. The van der Waals surface area contributed by atoms with Crippen molar-refractivity contribution in [1.29, 1.82) is 0 Å². The van der Waals surface area contributed by atoms with E-state index < -0.39 is 47.3 Å². The molecule has 3 aromatic rings. The molecule has 0 radical (unpaired) electrons. The van der Waals surface area contributed by atoms with Gasteiger partial charge in [-0.15, -0.1) is 5.10 Å². The fourth-order valence-electron chi connectivity index (χ4n) is 13.4. The summed E-state index contributed by atoms with van der Waals surface area (Å²) >= 11 is 0. The SMILES string of the molecule is C=C1C(=O)[C@]23[C@H](O)[C@H]1C[C@H](O)[C@H]2[C@]12CCCC(C)(C)[C@H]1C[C@H]3O[C@H]2OCCCCc1cn(CCOCCN2C(=O)c3cccc4c(N5CCCCC5)ccc(c34)C2=O)nn1. The Bertz CT molecular complexity index is 2190. The predicted molar refractivity (Wildman–Crippen MR) is 222 cm³/mol. The van der Waals surface area contributed by atoms with Gasteiger partial charge in [0.05, 0.1) is 55.7 Å². The number of piperidine rings is 1. The van der Waals surface area contributed by atoms with E-state index >= 15 is 0 Å². The van der Waals surface area contributed by atoms with E-state index in [1.807, 2.05) is 36.5 Å². The maximum atomic E-state index is 14.0. The average molecular weight is 822 g/mol. The number of carbonyl (C=O) groups is 3. The molecule has 7 fully saturated rings. The van der Waals surface area contributed by atoms with Crippen molar-refractivity contribution >= 4 is 34.1 Å². The summed E-state index contributed by atoms with van der Waals surface area (Å²) in [5.41, 5.74) is 1.81. The summed E-state index contributed by atoms with van der Waals surface area (Å²) in [5, 5.41) is 33.9. The van der Waals surface area contributed by atoms with Gasteiger partial charge in [-0.1, -0.05) is 44.2 Å². The molecule has 320 valence electrons. The van der Waals surface area contributed by atoms with Crippen LogP contribution in [0.2, 0.25) is 0 Å². The molecule has 4 bridgehead atoms. The van der Waals surface area contributed by atoms with Crippen molar-refractivity contribution in [3.63, 3.8) is 0 Å². The number of benzene rings is 2. The highest BCUT2D eigenvalue weighted by Gasteiger charge is 2.81. The molecule has 13 heteroatoms. The zero-order chi connectivity index (χ0) is 41.6. The second kappa shape index (κ2) is 15.1. The molecule has 4 saturated carbocycles. The summed E-state index contributed by atoms with van der Waals surface area (Å²) in [6.07, 6.45) is 8.95. The van der Waals surface area contributed by atoms with Crippen LogP contribution >= 0.6 is 0 Å². The van der Waals surface area contributed by atoms with Crippen LogP contribution in [0.15, 0.2) is 48.7 Å². The monoisotopic (exact) mass is 821 g/mol. The Balaban J connectivity index is 0.705. The van der Waals surface area contributed by atoms with Gasteiger partial charge >= 0.3 is 0 Å². The van der Waals surface area contributed by atoms with Crippen LogP contribution in [0.25, 0.3) is 10.8 Å². The van der Waals surface area contributed by atoms with Gasteiger partial charge in [-0.05, 0) is 99.3 Å². The number of unbranched alkanes of at least 4 members (excludes halogenated alkanes) is 1. The number of nitrogens with zero attached hydrogens (tertiary/aromatic N) is 5. The summed E-state index contributed by atoms with van der Waals surface area (Å²) in [6.45, 7) is 12.4. The van der Waals surface area contributed by atoms with E-state index in [9.17, 15) is 24.6 Å². The highest BCUT2D eigenvalue weighted by atomic mass is 16.7. The van der Waals surface area contributed by atoms with Gasteiger partial charge in [-0.3, -0.25) is 19.3 Å². The zero-order valence-corrected chi connectivity index (χ0v) is 35.0. The second-order valence-electron chi connectivity index (χ2n) is 19.4. The molecule has 4 aliphatic carbocycles. The van der Waals surface area contributed by atoms with E-state index in [0.29, 0.717) is 49.3 Å². The van der Waals surface area contributed by atoms with E-state index in [0.717, 1.165) is 86.6 Å². The van der Waals surface area contributed by atoms with E-state index in [4.69, 9.17) is 14.2 Å². The normalized spacial score (nSPS) is 34.1. The summed E-state index contributed by atoms with van der Waals surface area (Å²) in [4.78, 5) is 44.9. The molecular weight excluding hydrogens is 763 g/mol. The van der Waals surface area contributed by atoms with Crippen LogP contribution in [0, 0.1) is 34.0 Å². The number of rotatable bonds is 13. The molecule has 2 N–H and O–H groups in total. The lowest BCUT2D eigenvalue weighted by atomic mass is 9.37. The molecule has 2 spiro atoms. The lowest BCUT2D eigenvalue weighted by Crippen LogP contribution is -2.78. The third kappa shape index (κ3) is 5.92. The number of amides is 2. The first-order valence-corrected chi connectivity index (χ1v) is 22.5. The molecule has 11 rings (SSSR count). The number of anilines is 1. The first-order chi connectivity index (χ1) is 29.0. The van der Waals surface area contributed by atoms with Gasteiger partial charge in [0.15, 0.2) is 12.1 Å². The molecule has 9 atom stereocenters. The number of aliphatic hydroxyl groups excluding tert-OH is 2. The molecule has 4 aliphatic heterocycles. The Morgan fingerprint density at radius 3 is 2.52 bits per heavy atom. The minimum Gasteiger partial charge on any atom is -0.393 e. The number of aromatic nitrogens is 3. The maximum absolute atomic E-state index is 14.0. The zero-order valence-electron chi connectivity index (χ0n) is 35.0. The predicted octanol–water partition coefficient (Wildman–Crippen LogP) is 5.50. The summed E-state index contributed by atoms with van der Waals surface area (Å²) < 4.78 is 21.1. The number of hydrogen-bond acceptors (Lipinski definition) is 11. The fourth-order valence-corrected chi connectivity index (χ4v) is 13.4. The molecule has 3 saturated heterocycles. The molecular formula is C47H59N5O8. The van der Waals surface area contributed by atoms with E-state index in [1.54, 1.807) is 4.68 Å². The lowest BCUT2D eigenvalue weighted by molar-refractivity contribution is -0.402. The minimum atomic E-state index is -1.15. The van der Waals surface area contributed by atoms with Gasteiger partial charge < -0.3 is 29.3 Å². The first-order valence-electron chi connectivity index (χ1n) is 22.5. The van der Waals surface area contributed by atoms with Crippen molar-refractivity contribution < 1.29 is 38.8 Å². The molecule has 8 aliphatic rings. The Morgan fingerprint density at radius 1 is 0.917 bits per heavy atom. The molecule has 60 heavy (non-hydrogen) atoms. The van der Waals surface area contributed by atoms with Crippen LogP contribution in [0.3, 0.4) is 0 Å². The summed E-state index contributed by atoms with van der Waals surface area (Å²) in [7, 11) is 0. The van der Waals surface area contributed by atoms with Gasteiger partial charge in [0.25, 0.3) is 11.8 Å². The Labute approximate surface area is 351 Å². The molecule has 2 amide bonds. The quantitative estimate of drug-likeness (QED) is 0.128. The van der Waals surface area contributed by atoms with Crippen LogP contribution in [-0.4, -0.2) is 112 Å². The van der Waals surface area contributed by atoms with Crippen LogP contribution in [0.4, 0.5) is 5.69 Å². The number of Topliss-reactive ketones (excluding diaryl/α,β-unsaturated/α-hetero) is 1. The van der Waals surface area contributed by atoms with Gasteiger partial charge in [0, 0.05) is 70.7 Å². The smallest absolute Gasteiger partial charge is 0.261 e. The van der Waals surface area contributed by atoms with Crippen molar-refractivity contribution in [2.75, 3.05) is 44.4 Å². The van der Waals surface area contributed by atoms with Crippen molar-refractivity contribution in [3.8, 4) is 0 Å². The van der Waals surface area contributed by atoms with E-state index in [1.165, 1.54) is 11.3 Å². The van der Waals surface area contributed by atoms with Crippen molar-refractivity contribution in [3.05, 3.63) is 65.5 Å². The van der Waals surface area contributed by atoms with Crippen LogP contribution in [-0.2, 0) is 32.0 Å². The number of carbonyl (C=O) groups excluding carboxylic acids is 3. The van der Waals surface area contributed by atoms with E-state index in [-0.39, 0.29) is 42.1 Å². The molecule has 0 unspecified atom stereocenters. The minimum absolute atomic E-state index is 0.00806. The van der Waals surface area contributed by atoms with Crippen molar-refractivity contribution in [1.82, 2.24) is 19.9 Å². The lowest BCUT2D eigenvalue weighted by Gasteiger charge is -2.72. The van der Waals surface area contributed by atoms with Gasteiger partial charge in [0.2, 0.25) is 0 Å². The number of fused-ring (bicyclic) bond motifs is 2. The highest BCUT2D eigenvalue weighted by molar-refractivity contribution is 6.26. The number of ketones is 1. The van der Waals surface area contributed by atoms with Crippen molar-refractivity contribution in [2.24, 2.45) is 34.0 Å². The molecule has 2 aromatic carbocycles. The van der Waals surface area contributed by atoms with Crippen LogP contribution < -0.4 is 4.90 Å². The van der Waals surface area contributed by atoms with E-state index in [2.05, 4.69) is 35.6 Å². The van der Waals surface area contributed by atoms with Crippen LogP contribution in [0.5, 0.6) is 0 Å². The summed E-state index contributed by atoms with van der Waals surface area (Å²) in [5.74, 6) is -1.31.